The monoisotopic (exact) mass is 480 g/mol. The molecule has 0 aliphatic heterocycles. The second-order valence-electron chi connectivity index (χ2n) is 8.47. The molecule has 11 heteroatoms. The number of hydrogen-bond acceptors (Lipinski definition) is 7. The number of H-pyrrole nitrogens is 2. The van der Waals surface area contributed by atoms with Gasteiger partial charge in [-0.15, -0.1) is 0 Å². The average Bonchev–Trinajstić information content (AvgIpc) is 3.41. The summed E-state index contributed by atoms with van der Waals surface area (Å²) in [4.78, 5) is 25.9. The Balaban J connectivity index is 1.66. The molecule has 34 heavy (non-hydrogen) atoms. The van der Waals surface area contributed by atoms with Crippen LogP contribution in [0, 0.1) is 0 Å². The van der Waals surface area contributed by atoms with E-state index >= 15 is 0 Å². The summed E-state index contributed by atoms with van der Waals surface area (Å²) in [6.07, 6.45) is 5.79. The van der Waals surface area contributed by atoms with E-state index in [4.69, 9.17) is 9.98 Å². The van der Waals surface area contributed by atoms with Gasteiger partial charge in [-0.25, -0.2) is 18.2 Å². The average molecular weight is 481 g/mol. The largest absolute Gasteiger partial charge is 0.493 e. The van der Waals surface area contributed by atoms with Gasteiger partial charge < -0.3 is 10.1 Å². The van der Waals surface area contributed by atoms with E-state index in [1.807, 2.05) is 31.2 Å². The molecule has 176 valence electrons. The van der Waals surface area contributed by atoms with Gasteiger partial charge >= 0.3 is 5.69 Å². The van der Waals surface area contributed by atoms with Crippen molar-refractivity contribution in [3.05, 3.63) is 69.0 Å². The molecule has 0 amide bonds. The van der Waals surface area contributed by atoms with Gasteiger partial charge in [0.05, 0.1) is 29.4 Å². The van der Waals surface area contributed by atoms with Crippen molar-refractivity contribution >= 4 is 21.6 Å². The zero-order chi connectivity index (χ0) is 23.9. The van der Waals surface area contributed by atoms with Crippen LogP contribution < -0.4 is 16.4 Å². The first kappa shape index (κ1) is 22.1. The van der Waals surface area contributed by atoms with E-state index in [0.29, 0.717) is 34.0 Å². The molecule has 5 rings (SSSR count). The van der Waals surface area contributed by atoms with E-state index in [-0.39, 0.29) is 29.1 Å². The minimum atomic E-state index is -3.18. The van der Waals surface area contributed by atoms with Crippen LogP contribution in [0.1, 0.15) is 37.4 Å². The molecule has 0 atom stereocenters. The van der Waals surface area contributed by atoms with Crippen molar-refractivity contribution in [2.24, 2.45) is 4.99 Å². The van der Waals surface area contributed by atoms with E-state index in [0.717, 1.165) is 18.4 Å². The number of aromatic hydroxyl groups is 1. The molecule has 1 saturated carbocycles. The Bertz CT molecular complexity index is 1660. The van der Waals surface area contributed by atoms with E-state index in [1.165, 1.54) is 0 Å². The number of nitrogens with one attached hydrogen (secondary N) is 2. The Labute approximate surface area is 194 Å². The maximum atomic E-state index is 12.3. The van der Waals surface area contributed by atoms with E-state index in [2.05, 4.69) is 15.1 Å². The fourth-order valence-electron chi connectivity index (χ4n) is 3.80. The topological polar surface area (TPSA) is 146 Å². The quantitative estimate of drug-likeness (QED) is 0.360. The van der Waals surface area contributed by atoms with Crippen LogP contribution in [-0.4, -0.2) is 49.9 Å². The van der Waals surface area contributed by atoms with E-state index in [1.54, 1.807) is 22.9 Å². The number of aromatic nitrogens is 5. The lowest BCUT2D eigenvalue weighted by Gasteiger charge is -2.07. The maximum absolute atomic E-state index is 12.3. The molecule has 0 saturated heterocycles. The Morgan fingerprint density at radius 3 is 2.79 bits per heavy atom. The zero-order valence-corrected chi connectivity index (χ0v) is 19.3. The molecule has 0 bridgehead atoms. The summed E-state index contributed by atoms with van der Waals surface area (Å²) in [5.41, 5.74) is 2.93. The van der Waals surface area contributed by atoms with Crippen LogP contribution in [0.25, 0.3) is 23.0 Å². The van der Waals surface area contributed by atoms with Crippen LogP contribution in [0.3, 0.4) is 0 Å². The van der Waals surface area contributed by atoms with E-state index < -0.39 is 15.5 Å². The molecule has 3 N–H and O–H groups in total. The van der Waals surface area contributed by atoms with Crippen molar-refractivity contribution in [3.8, 4) is 17.1 Å². The third-order valence-corrected chi connectivity index (χ3v) is 7.30. The van der Waals surface area contributed by atoms with Gasteiger partial charge in [0.2, 0.25) is 5.88 Å². The fraction of sp³-hybridized carbons (Fsp3) is 0.304. The number of fused-ring (bicyclic) bond motifs is 1. The van der Waals surface area contributed by atoms with Gasteiger partial charge in [0.25, 0.3) is 0 Å². The number of hydrogen-bond donors (Lipinski definition) is 3. The van der Waals surface area contributed by atoms with Gasteiger partial charge in [-0.3, -0.25) is 9.98 Å². The first-order chi connectivity index (χ1) is 16.3. The van der Waals surface area contributed by atoms with Gasteiger partial charge in [0, 0.05) is 16.8 Å². The molecule has 0 spiro atoms. The number of aromatic amines is 2. The summed E-state index contributed by atoms with van der Waals surface area (Å²) in [6, 6.07) is 9.42. The first-order valence-electron chi connectivity index (χ1n) is 11.1. The predicted octanol–water partition coefficient (Wildman–Crippen LogP) is 1.05. The highest BCUT2D eigenvalue weighted by molar-refractivity contribution is 7.90. The van der Waals surface area contributed by atoms with Crippen molar-refractivity contribution in [1.82, 2.24) is 24.6 Å². The van der Waals surface area contributed by atoms with Gasteiger partial charge in [-0.1, -0.05) is 25.1 Å². The Kier molecular flexibility index (Phi) is 5.56. The molecule has 3 heterocycles. The SMILES string of the molecule is CCCS(=O)(=O)Cc1cccc(-c2cc(=NC3CC3)n3nc/c(=C/c4[nH]c(=O)[nH]c4O)c3n2)c1. The molecule has 1 aliphatic carbocycles. The summed E-state index contributed by atoms with van der Waals surface area (Å²) in [6.45, 7) is 1.85. The van der Waals surface area contributed by atoms with Crippen molar-refractivity contribution in [1.29, 1.82) is 0 Å². The van der Waals surface area contributed by atoms with Gasteiger partial charge in [-0.05, 0) is 37.0 Å². The number of benzene rings is 1. The smallest absolute Gasteiger partial charge is 0.326 e. The van der Waals surface area contributed by atoms with Crippen LogP contribution in [0.5, 0.6) is 5.88 Å². The minimum Gasteiger partial charge on any atom is -0.493 e. The maximum Gasteiger partial charge on any atom is 0.326 e. The number of nitrogens with zero attached hydrogens (tertiary/aromatic N) is 4. The van der Waals surface area contributed by atoms with Crippen molar-refractivity contribution < 1.29 is 13.5 Å². The molecule has 4 aromatic rings. The molecule has 10 nitrogen and oxygen atoms in total. The summed E-state index contributed by atoms with van der Waals surface area (Å²) in [7, 11) is -3.18. The van der Waals surface area contributed by atoms with Gasteiger partial charge in [-0.2, -0.15) is 9.61 Å². The van der Waals surface area contributed by atoms with Crippen LogP contribution in [0.2, 0.25) is 0 Å². The lowest BCUT2D eigenvalue weighted by molar-refractivity contribution is 0.454. The molecular weight excluding hydrogens is 456 g/mol. The summed E-state index contributed by atoms with van der Waals surface area (Å²) >= 11 is 0. The molecule has 3 aromatic heterocycles. The lowest BCUT2D eigenvalue weighted by atomic mass is 10.1. The molecule has 0 radical (unpaired) electrons. The highest BCUT2D eigenvalue weighted by Gasteiger charge is 2.20. The lowest BCUT2D eigenvalue weighted by Crippen LogP contribution is -2.19. The third kappa shape index (κ3) is 4.65. The molecule has 1 fully saturated rings. The fourth-order valence-corrected chi connectivity index (χ4v) is 5.26. The summed E-state index contributed by atoms with van der Waals surface area (Å²) in [5, 5.41) is 14.9. The highest BCUT2D eigenvalue weighted by atomic mass is 32.2. The van der Waals surface area contributed by atoms with Crippen LogP contribution in [0.15, 0.2) is 46.3 Å². The third-order valence-electron chi connectivity index (χ3n) is 5.50. The summed E-state index contributed by atoms with van der Waals surface area (Å²) < 4.78 is 26.3. The Morgan fingerprint density at radius 2 is 2.09 bits per heavy atom. The first-order valence-corrected chi connectivity index (χ1v) is 12.9. The Hall–Kier alpha value is -3.73. The number of imidazole rings is 1. The zero-order valence-electron chi connectivity index (χ0n) is 18.5. The van der Waals surface area contributed by atoms with Crippen LogP contribution in [0.4, 0.5) is 0 Å². The Morgan fingerprint density at radius 1 is 1.26 bits per heavy atom. The standard InChI is InChI=1S/C23H24N6O4S/c1-2-8-34(32,33)13-14-4-3-5-15(9-14)18-11-20(25-17-6-7-17)29-21(26-18)16(12-24-29)10-19-22(30)28-23(31)27-19/h3-5,9-12,17,30H,2,6-8,13H2,1H3,(H2,27,28,31)/b16-10-,25-20?. The van der Waals surface area contributed by atoms with Crippen LogP contribution in [-0.2, 0) is 15.6 Å². The molecule has 1 aromatic carbocycles. The second kappa shape index (κ2) is 8.56. The normalized spacial score (nSPS) is 15.4. The molecule has 0 unspecified atom stereocenters. The van der Waals surface area contributed by atoms with Crippen molar-refractivity contribution in [2.75, 3.05) is 5.75 Å². The van der Waals surface area contributed by atoms with Crippen LogP contribution >= 0.6 is 0 Å². The van der Waals surface area contributed by atoms with Gasteiger partial charge in [0.15, 0.2) is 21.0 Å². The second-order valence-corrected chi connectivity index (χ2v) is 10.7. The molecular formula is C23H24N6O4S. The van der Waals surface area contributed by atoms with Crippen molar-refractivity contribution in [2.45, 2.75) is 38.0 Å². The highest BCUT2D eigenvalue weighted by Crippen LogP contribution is 2.23. The number of rotatable bonds is 7. The predicted molar refractivity (Wildman–Crippen MR) is 127 cm³/mol. The van der Waals surface area contributed by atoms with Gasteiger partial charge in [0.1, 0.15) is 5.69 Å². The van der Waals surface area contributed by atoms with Crippen molar-refractivity contribution in [3.63, 3.8) is 0 Å². The summed E-state index contributed by atoms with van der Waals surface area (Å²) in [5.74, 6) is -0.152. The number of sulfone groups is 1. The minimum absolute atomic E-state index is 0.0257. The van der Waals surface area contributed by atoms with E-state index in [9.17, 15) is 18.3 Å². The molecule has 1 aliphatic rings.